The molecule has 3 unspecified atom stereocenters. The van der Waals surface area contributed by atoms with Gasteiger partial charge in [0.05, 0.1) is 11.8 Å². The third kappa shape index (κ3) is 7.00. The van der Waals surface area contributed by atoms with Crippen molar-refractivity contribution in [3.63, 3.8) is 0 Å². The van der Waals surface area contributed by atoms with Crippen molar-refractivity contribution in [2.75, 3.05) is 11.9 Å². The van der Waals surface area contributed by atoms with Crippen LogP contribution in [0, 0.1) is 5.92 Å². The first-order chi connectivity index (χ1) is 19.2. The molecule has 2 heterocycles. The van der Waals surface area contributed by atoms with E-state index in [1.807, 2.05) is 18.2 Å². The second-order valence-electron chi connectivity index (χ2n) is 10.8. The number of carbonyl (C=O) groups is 4. The molecular formula is C30H34ClNO9. The second-order valence-corrected chi connectivity index (χ2v) is 11.2. The Morgan fingerprint density at radius 2 is 1.66 bits per heavy atom. The van der Waals surface area contributed by atoms with Crippen molar-refractivity contribution >= 4 is 41.1 Å². The minimum atomic E-state index is -0.973. The van der Waals surface area contributed by atoms with Crippen LogP contribution in [0.25, 0.3) is 0 Å². The number of ether oxygens (including phenoxy) is 5. The Hall–Kier alpha value is -3.63. The normalized spacial score (nSPS) is 24.8. The molecular weight excluding hydrogens is 554 g/mol. The molecule has 2 aromatic carbocycles. The predicted octanol–water partition coefficient (Wildman–Crippen LogP) is 4.54. The molecule has 220 valence electrons. The van der Waals surface area contributed by atoms with Gasteiger partial charge in [0.2, 0.25) is 0 Å². The van der Waals surface area contributed by atoms with E-state index in [2.05, 4.69) is 5.32 Å². The number of hydrogen-bond acceptors (Lipinski definition) is 9. The largest absolute Gasteiger partial charge is 0.476 e. The second kappa shape index (κ2) is 12.1. The number of benzene rings is 2. The molecule has 2 aliphatic rings. The summed E-state index contributed by atoms with van der Waals surface area (Å²) in [6, 6.07) is 10.8. The topological polar surface area (TPSA) is 126 Å². The minimum Gasteiger partial charge on any atom is -0.476 e. The smallest absolute Gasteiger partial charge is 0.303 e. The molecule has 0 bridgehead atoms. The molecule has 2 aromatic rings. The molecule has 1 amide bonds. The summed E-state index contributed by atoms with van der Waals surface area (Å²) < 4.78 is 28.7. The highest BCUT2D eigenvalue weighted by Crippen LogP contribution is 2.40. The van der Waals surface area contributed by atoms with Crippen LogP contribution < -0.4 is 10.1 Å². The first-order valence-electron chi connectivity index (χ1n) is 13.3. The lowest BCUT2D eigenvalue weighted by Crippen LogP contribution is -2.54. The lowest BCUT2D eigenvalue weighted by atomic mass is 9.85. The number of hydrogen-bond donors (Lipinski definition) is 1. The summed E-state index contributed by atoms with van der Waals surface area (Å²) in [5.41, 5.74) is 1.84. The van der Waals surface area contributed by atoms with E-state index >= 15 is 0 Å². The van der Waals surface area contributed by atoms with Crippen molar-refractivity contribution < 1.29 is 42.9 Å². The molecule has 1 N–H and O–H groups in total. The average Bonchev–Trinajstić information content (AvgIpc) is 2.87. The summed E-state index contributed by atoms with van der Waals surface area (Å²) in [4.78, 5) is 48.1. The number of esters is 3. The van der Waals surface area contributed by atoms with Crippen LogP contribution in [0.1, 0.15) is 64.3 Å². The van der Waals surface area contributed by atoms with Crippen molar-refractivity contribution in [2.24, 2.45) is 5.92 Å². The van der Waals surface area contributed by atoms with Gasteiger partial charge in [-0.3, -0.25) is 19.2 Å². The first-order valence-corrected chi connectivity index (χ1v) is 13.7. The molecule has 0 saturated carbocycles. The fraction of sp³-hybridized carbons (Fsp3) is 0.467. The monoisotopic (exact) mass is 587 g/mol. The van der Waals surface area contributed by atoms with Crippen molar-refractivity contribution in [2.45, 2.75) is 78.0 Å². The van der Waals surface area contributed by atoms with Crippen LogP contribution in [0.4, 0.5) is 5.69 Å². The van der Waals surface area contributed by atoms with Gasteiger partial charge in [-0.1, -0.05) is 36.7 Å². The maximum absolute atomic E-state index is 12.4. The highest BCUT2D eigenvalue weighted by molar-refractivity contribution is 6.31. The molecule has 1 saturated heterocycles. The van der Waals surface area contributed by atoms with E-state index in [0.29, 0.717) is 28.4 Å². The van der Waals surface area contributed by atoms with E-state index in [4.69, 9.17) is 35.3 Å². The molecule has 2 aliphatic heterocycles. The van der Waals surface area contributed by atoms with Crippen molar-refractivity contribution in [1.82, 2.24) is 0 Å². The third-order valence-electron chi connectivity index (χ3n) is 7.10. The van der Waals surface area contributed by atoms with Crippen LogP contribution in [-0.4, -0.2) is 54.3 Å². The van der Waals surface area contributed by atoms with Crippen molar-refractivity contribution in [3.05, 3.63) is 58.1 Å². The summed E-state index contributed by atoms with van der Waals surface area (Å²) in [6.45, 7) is 8.94. The molecule has 0 aromatic heterocycles. The van der Waals surface area contributed by atoms with E-state index in [0.717, 1.165) is 11.1 Å². The molecule has 11 heteroatoms. The summed E-state index contributed by atoms with van der Waals surface area (Å²) in [6.07, 6.45) is -2.91. The van der Waals surface area contributed by atoms with Gasteiger partial charge in [0.15, 0.2) is 11.7 Å². The maximum Gasteiger partial charge on any atom is 0.303 e. The summed E-state index contributed by atoms with van der Waals surface area (Å²) in [5.74, 6) is -1.72. The molecule has 10 nitrogen and oxygen atoms in total. The Balaban J connectivity index is 1.67. The summed E-state index contributed by atoms with van der Waals surface area (Å²) in [7, 11) is 0. The molecule has 5 atom stereocenters. The predicted molar refractivity (Wildman–Crippen MR) is 149 cm³/mol. The van der Waals surface area contributed by atoms with Gasteiger partial charge in [0.25, 0.3) is 5.91 Å². The highest BCUT2D eigenvalue weighted by Gasteiger charge is 2.48. The summed E-state index contributed by atoms with van der Waals surface area (Å²) in [5, 5.41) is 3.38. The number of anilines is 1. The zero-order chi connectivity index (χ0) is 30.1. The van der Waals surface area contributed by atoms with Crippen LogP contribution in [0.2, 0.25) is 5.02 Å². The van der Waals surface area contributed by atoms with E-state index < -0.39 is 53.8 Å². The van der Waals surface area contributed by atoms with Crippen LogP contribution in [-0.2, 0) is 44.5 Å². The quantitative estimate of drug-likeness (QED) is 0.367. The first kappa shape index (κ1) is 30.3. The molecule has 0 aliphatic carbocycles. The van der Waals surface area contributed by atoms with Gasteiger partial charge in [0, 0.05) is 31.7 Å². The molecule has 4 rings (SSSR count). The maximum atomic E-state index is 12.4. The van der Waals surface area contributed by atoms with Crippen molar-refractivity contribution in [1.29, 1.82) is 0 Å². The van der Waals surface area contributed by atoms with E-state index in [1.165, 1.54) is 20.8 Å². The highest BCUT2D eigenvalue weighted by atomic mass is 35.5. The molecule has 0 radical (unpaired) electrons. The van der Waals surface area contributed by atoms with Crippen LogP contribution >= 0.6 is 11.6 Å². The fourth-order valence-corrected chi connectivity index (χ4v) is 5.20. The zero-order valence-corrected chi connectivity index (χ0v) is 24.6. The van der Waals surface area contributed by atoms with E-state index in [1.54, 1.807) is 39.0 Å². The Bertz CT molecular complexity index is 1360. The van der Waals surface area contributed by atoms with Gasteiger partial charge >= 0.3 is 17.9 Å². The number of nitrogens with one attached hydrogen (secondary N) is 1. The van der Waals surface area contributed by atoms with Crippen molar-refractivity contribution in [3.8, 4) is 5.75 Å². The minimum absolute atomic E-state index is 0.0717. The Morgan fingerprint density at radius 3 is 2.32 bits per heavy atom. The Labute approximate surface area is 243 Å². The Kier molecular flexibility index (Phi) is 8.94. The van der Waals surface area contributed by atoms with Gasteiger partial charge in [-0.05, 0) is 55.2 Å². The standard InChI is InChI=1S/C30H34ClNO9/c1-15-25(14-37-16(2)33)40-27(28(39-18(4)35)26(15)38-17(3)34)20-8-9-22(31)21(13-20)11-19-7-10-24-23(12-19)32-29(36)30(5,6)41-24/h7-10,12-13,15,25-28H,11,14H2,1-6H3,(H,32,36)/t15?,25-,26?,27+,28?/m1/s1. The third-order valence-corrected chi connectivity index (χ3v) is 7.47. The van der Waals surface area contributed by atoms with Gasteiger partial charge in [0.1, 0.15) is 24.6 Å². The Morgan fingerprint density at radius 1 is 0.976 bits per heavy atom. The van der Waals surface area contributed by atoms with Crippen LogP contribution in [0.5, 0.6) is 5.75 Å². The lowest BCUT2D eigenvalue weighted by molar-refractivity contribution is -0.232. The summed E-state index contributed by atoms with van der Waals surface area (Å²) >= 11 is 6.60. The molecule has 0 spiro atoms. The molecule has 1 fully saturated rings. The number of carbonyl (C=O) groups excluding carboxylic acids is 4. The zero-order valence-electron chi connectivity index (χ0n) is 23.8. The number of halogens is 1. The van der Waals surface area contributed by atoms with Gasteiger partial charge in [-0.2, -0.15) is 0 Å². The molecule has 41 heavy (non-hydrogen) atoms. The van der Waals surface area contributed by atoms with Gasteiger partial charge < -0.3 is 29.0 Å². The van der Waals surface area contributed by atoms with Gasteiger partial charge in [-0.25, -0.2) is 0 Å². The number of amides is 1. The fourth-order valence-electron chi connectivity index (χ4n) is 5.01. The van der Waals surface area contributed by atoms with E-state index in [-0.39, 0.29) is 12.5 Å². The number of fused-ring (bicyclic) bond motifs is 1. The average molecular weight is 588 g/mol. The lowest BCUT2D eigenvalue weighted by Gasteiger charge is -2.44. The van der Waals surface area contributed by atoms with E-state index in [9.17, 15) is 19.2 Å². The van der Waals surface area contributed by atoms with Gasteiger partial charge in [-0.15, -0.1) is 0 Å². The number of rotatable bonds is 7. The van der Waals surface area contributed by atoms with Crippen LogP contribution in [0.3, 0.4) is 0 Å². The SMILES string of the molecule is CC(=O)OC[C@H]1O[C@@H](c2ccc(Cl)c(Cc3ccc4c(c3)NC(=O)C(C)(C)O4)c2)C(OC(C)=O)C(OC(C)=O)C1C. The van der Waals surface area contributed by atoms with Crippen LogP contribution in [0.15, 0.2) is 36.4 Å².